The Morgan fingerprint density at radius 3 is 2.83 bits per heavy atom. The van der Waals surface area contributed by atoms with Crippen molar-refractivity contribution in [2.24, 2.45) is 5.92 Å². The number of aromatic nitrogens is 2. The van der Waals surface area contributed by atoms with E-state index < -0.39 is 11.9 Å². The van der Waals surface area contributed by atoms with E-state index in [1.54, 1.807) is 0 Å². The minimum atomic E-state index is -0.446. The molecule has 1 aromatic rings. The van der Waals surface area contributed by atoms with E-state index in [1.165, 1.54) is 17.5 Å². The van der Waals surface area contributed by atoms with Crippen molar-refractivity contribution in [3.05, 3.63) is 18.2 Å². The molecule has 4 rings (SSSR count). The summed E-state index contributed by atoms with van der Waals surface area (Å²) >= 11 is 0. The summed E-state index contributed by atoms with van der Waals surface area (Å²) < 4.78 is 19.0. The van der Waals surface area contributed by atoms with Crippen LogP contribution in [0.1, 0.15) is 25.7 Å². The standard InChI is InChI=1S/C16H21FN4O3/c17-12-8-18-16(19-9-12)20-5-3-11-7-13(24-14(11)10-20)15(22)21-4-1-2-6-23-21/h8-9,11,13-14H,1-7,10H2/t11-,13-,14+/m0/s1. The Bertz CT molecular complexity index is 593. The Balaban J connectivity index is 1.38. The van der Waals surface area contributed by atoms with Crippen LogP contribution in [0.15, 0.2) is 12.4 Å². The van der Waals surface area contributed by atoms with Gasteiger partial charge in [0.25, 0.3) is 5.91 Å². The van der Waals surface area contributed by atoms with Gasteiger partial charge < -0.3 is 9.64 Å². The second-order valence-electron chi connectivity index (χ2n) is 6.58. The predicted molar refractivity (Wildman–Crippen MR) is 82.5 cm³/mol. The fourth-order valence-electron chi connectivity index (χ4n) is 3.67. The number of carbonyl (C=O) groups is 1. The molecule has 3 fully saturated rings. The van der Waals surface area contributed by atoms with E-state index >= 15 is 0 Å². The number of amides is 1. The van der Waals surface area contributed by atoms with Gasteiger partial charge in [-0.1, -0.05) is 0 Å². The summed E-state index contributed by atoms with van der Waals surface area (Å²) in [5.41, 5.74) is 0. The molecule has 130 valence electrons. The Morgan fingerprint density at radius 1 is 1.25 bits per heavy atom. The van der Waals surface area contributed by atoms with E-state index in [2.05, 4.69) is 9.97 Å². The molecule has 8 heteroatoms. The molecule has 4 heterocycles. The van der Waals surface area contributed by atoms with E-state index in [0.717, 1.165) is 32.2 Å². The summed E-state index contributed by atoms with van der Waals surface area (Å²) in [6.45, 7) is 2.66. The van der Waals surface area contributed by atoms with Gasteiger partial charge in [-0.2, -0.15) is 0 Å². The highest BCUT2D eigenvalue weighted by Gasteiger charge is 2.44. The molecule has 3 aliphatic rings. The molecule has 0 aromatic carbocycles. The van der Waals surface area contributed by atoms with E-state index in [9.17, 15) is 9.18 Å². The third-order valence-corrected chi connectivity index (χ3v) is 4.97. The first-order valence-electron chi connectivity index (χ1n) is 8.53. The first-order valence-corrected chi connectivity index (χ1v) is 8.53. The van der Waals surface area contributed by atoms with Crippen LogP contribution in [0.25, 0.3) is 0 Å². The molecule has 0 saturated carbocycles. The molecular formula is C16H21FN4O3. The van der Waals surface area contributed by atoms with E-state index in [4.69, 9.17) is 9.57 Å². The second-order valence-corrected chi connectivity index (χ2v) is 6.58. The summed E-state index contributed by atoms with van der Waals surface area (Å²) in [5, 5.41) is 1.46. The van der Waals surface area contributed by atoms with Crippen LogP contribution in [0.5, 0.6) is 0 Å². The zero-order valence-electron chi connectivity index (χ0n) is 13.4. The molecule has 1 amide bonds. The molecule has 0 spiro atoms. The van der Waals surface area contributed by atoms with E-state index in [1.807, 2.05) is 4.90 Å². The van der Waals surface area contributed by atoms with Gasteiger partial charge in [-0.25, -0.2) is 19.4 Å². The van der Waals surface area contributed by atoms with Gasteiger partial charge in [0, 0.05) is 19.6 Å². The summed E-state index contributed by atoms with van der Waals surface area (Å²) in [4.78, 5) is 28.0. The monoisotopic (exact) mass is 336 g/mol. The molecule has 0 N–H and O–H groups in total. The highest BCUT2D eigenvalue weighted by Crippen LogP contribution is 2.35. The van der Waals surface area contributed by atoms with Crippen LogP contribution < -0.4 is 4.90 Å². The maximum atomic E-state index is 13.0. The van der Waals surface area contributed by atoms with Crippen LogP contribution >= 0.6 is 0 Å². The van der Waals surface area contributed by atoms with Gasteiger partial charge in [0.1, 0.15) is 6.10 Å². The van der Waals surface area contributed by atoms with Crippen molar-refractivity contribution >= 4 is 11.9 Å². The number of hydrogen-bond donors (Lipinski definition) is 0. The number of piperidine rings is 1. The topological polar surface area (TPSA) is 67.8 Å². The fraction of sp³-hybridized carbons (Fsp3) is 0.688. The van der Waals surface area contributed by atoms with Crippen molar-refractivity contribution in [1.82, 2.24) is 15.0 Å². The number of halogens is 1. The number of hydroxylamine groups is 2. The maximum Gasteiger partial charge on any atom is 0.275 e. The van der Waals surface area contributed by atoms with Crippen molar-refractivity contribution < 1.29 is 18.8 Å². The van der Waals surface area contributed by atoms with Crippen molar-refractivity contribution in [1.29, 1.82) is 0 Å². The van der Waals surface area contributed by atoms with Gasteiger partial charge in [0.2, 0.25) is 5.95 Å². The molecule has 0 aliphatic carbocycles. The summed E-state index contributed by atoms with van der Waals surface area (Å²) in [5.74, 6) is 0.361. The van der Waals surface area contributed by atoms with Gasteiger partial charge in [0.05, 0.1) is 25.1 Å². The predicted octanol–water partition coefficient (Wildman–Crippen LogP) is 1.15. The molecule has 3 saturated heterocycles. The first-order chi connectivity index (χ1) is 11.7. The highest BCUT2D eigenvalue weighted by molar-refractivity contribution is 5.80. The number of anilines is 1. The average molecular weight is 336 g/mol. The van der Waals surface area contributed by atoms with Gasteiger partial charge in [0.15, 0.2) is 5.82 Å². The molecular weight excluding hydrogens is 315 g/mol. The summed E-state index contributed by atoms with van der Waals surface area (Å²) in [6.07, 6.45) is 5.51. The van der Waals surface area contributed by atoms with E-state index in [0.29, 0.717) is 31.6 Å². The third-order valence-electron chi connectivity index (χ3n) is 4.97. The number of rotatable bonds is 2. The van der Waals surface area contributed by atoms with Crippen LogP contribution in [0.4, 0.5) is 10.3 Å². The molecule has 1 aromatic heterocycles. The van der Waals surface area contributed by atoms with Gasteiger partial charge in [-0.05, 0) is 31.6 Å². The van der Waals surface area contributed by atoms with Crippen LogP contribution in [0.2, 0.25) is 0 Å². The smallest absolute Gasteiger partial charge is 0.275 e. The van der Waals surface area contributed by atoms with Crippen LogP contribution in [-0.4, -0.2) is 59.4 Å². The first kappa shape index (κ1) is 15.7. The molecule has 3 aliphatic heterocycles. The molecule has 0 bridgehead atoms. The second kappa shape index (κ2) is 6.60. The minimum absolute atomic E-state index is 0.0221. The molecule has 0 unspecified atom stereocenters. The van der Waals surface area contributed by atoms with E-state index in [-0.39, 0.29) is 12.0 Å². The van der Waals surface area contributed by atoms with Crippen molar-refractivity contribution in [2.75, 3.05) is 31.1 Å². The van der Waals surface area contributed by atoms with Gasteiger partial charge in [-0.15, -0.1) is 0 Å². The molecule has 0 radical (unpaired) electrons. The van der Waals surface area contributed by atoms with Crippen LogP contribution in [0, 0.1) is 11.7 Å². The quantitative estimate of drug-likeness (QED) is 0.807. The summed E-state index contributed by atoms with van der Waals surface area (Å²) in [6, 6.07) is 0. The van der Waals surface area contributed by atoms with Crippen LogP contribution in [-0.2, 0) is 14.4 Å². The Hall–Kier alpha value is -1.80. The fourth-order valence-corrected chi connectivity index (χ4v) is 3.67. The lowest BCUT2D eigenvalue weighted by Crippen LogP contribution is -2.44. The number of fused-ring (bicyclic) bond motifs is 1. The zero-order valence-corrected chi connectivity index (χ0v) is 13.4. The minimum Gasteiger partial charge on any atom is -0.363 e. The number of carbonyl (C=O) groups excluding carboxylic acids is 1. The van der Waals surface area contributed by atoms with Gasteiger partial charge in [-0.3, -0.25) is 9.63 Å². The summed E-state index contributed by atoms with van der Waals surface area (Å²) in [7, 11) is 0. The molecule has 7 nitrogen and oxygen atoms in total. The number of ether oxygens (including phenoxy) is 1. The lowest BCUT2D eigenvalue weighted by atomic mass is 9.92. The largest absolute Gasteiger partial charge is 0.363 e. The highest BCUT2D eigenvalue weighted by atomic mass is 19.1. The molecule has 3 atom stereocenters. The van der Waals surface area contributed by atoms with Crippen molar-refractivity contribution in [3.63, 3.8) is 0 Å². The Kier molecular flexibility index (Phi) is 4.32. The number of hydrogen-bond acceptors (Lipinski definition) is 6. The van der Waals surface area contributed by atoms with Crippen LogP contribution in [0.3, 0.4) is 0 Å². The third kappa shape index (κ3) is 3.08. The SMILES string of the molecule is O=C([C@@H]1C[C@@H]2CCN(c3ncc(F)cn3)C[C@H]2O1)N1CCCCO1. The zero-order chi connectivity index (χ0) is 16.5. The molecule has 24 heavy (non-hydrogen) atoms. The lowest BCUT2D eigenvalue weighted by Gasteiger charge is -2.33. The van der Waals surface area contributed by atoms with Gasteiger partial charge >= 0.3 is 0 Å². The Labute approximate surface area is 139 Å². The number of nitrogens with zero attached hydrogens (tertiary/aromatic N) is 4. The van der Waals surface area contributed by atoms with Crippen molar-refractivity contribution in [3.8, 4) is 0 Å². The average Bonchev–Trinajstić information content (AvgIpc) is 3.05. The van der Waals surface area contributed by atoms with Crippen molar-refractivity contribution in [2.45, 2.75) is 37.9 Å². The lowest BCUT2D eigenvalue weighted by molar-refractivity contribution is -0.206. The maximum absolute atomic E-state index is 13.0. The normalized spacial score (nSPS) is 30.3. The Morgan fingerprint density at radius 2 is 2.08 bits per heavy atom.